The number of hydrogen-bond donors (Lipinski definition) is 1. The van der Waals surface area contributed by atoms with Crippen LogP contribution in [-0.4, -0.2) is 53.7 Å². The molecule has 1 saturated heterocycles. The SMILES string of the molecule is O=C(N1CCCCC1)[C@]1(Cc2ccccc2)N=C(c2ccc(OCCCO)cc2)O[C@@H]1c1ccc(-c2ccccc2)cc1. The van der Waals surface area contributed by atoms with Crippen molar-refractivity contribution < 1.29 is 19.4 Å². The average molecular weight is 575 g/mol. The Bertz CT molecular complexity index is 1510. The van der Waals surface area contributed by atoms with Crippen LogP contribution in [0.4, 0.5) is 0 Å². The Labute approximate surface area is 253 Å². The van der Waals surface area contributed by atoms with Crippen molar-refractivity contribution in [2.75, 3.05) is 26.3 Å². The van der Waals surface area contributed by atoms with E-state index < -0.39 is 11.6 Å². The highest BCUT2D eigenvalue weighted by atomic mass is 16.5. The van der Waals surface area contributed by atoms with Gasteiger partial charge in [-0.3, -0.25) is 4.79 Å². The summed E-state index contributed by atoms with van der Waals surface area (Å²) < 4.78 is 12.5. The molecule has 220 valence electrons. The molecule has 4 aromatic rings. The van der Waals surface area contributed by atoms with Crippen LogP contribution in [0, 0.1) is 0 Å². The smallest absolute Gasteiger partial charge is 0.255 e. The molecule has 0 spiro atoms. The Morgan fingerprint density at radius 2 is 1.44 bits per heavy atom. The van der Waals surface area contributed by atoms with Crippen LogP contribution in [-0.2, 0) is 16.0 Å². The van der Waals surface area contributed by atoms with E-state index in [4.69, 9.17) is 19.6 Å². The number of nitrogens with zero attached hydrogens (tertiary/aromatic N) is 2. The lowest BCUT2D eigenvalue weighted by molar-refractivity contribution is -0.140. The number of likely N-dealkylation sites (tertiary alicyclic amines) is 1. The fourth-order valence-corrected chi connectivity index (χ4v) is 6.03. The Kier molecular flexibility index (Phi) is 8.85. The van der Waals surface area contributed by atoms with E-state index in [0.717, 1.165) is 60.2 Å². The molecule has 1 fully saturated rings. The van der Waals surface area contributed by atoms with Crippen LogP contribution in [0.5, 0.6) is 5.75 Å². The second kappa shape index (κ2) is 13.3. The van der Waals surface area contributed by atoms with Gasteiger partial charge in [-0.1, -0.05) is 84.9 Å². The molecule has 43 heavy (non-hydrogen) atoms. The molecule has 6 heteroatoms. The van der Waals surface area contributed by atoms with Crippen molar-refractivity contribution in [2.24, 2.45) is 4.99 Å². The van der Waals surface area contributed by atoms with Crippen LogP contribution in [0.1, 0.15) is 48.5 Å². The molecular formula is C37H38N2O4. The summed E-state index contributed by atoms with van der Waals surface area (Å²) in [6.45, 7) is 2.00. The predicted octanol–water partition coefficient (Wildman–Crippen LogP) is 6.63. The number of piperidine rings is 1. The highest BCUT2D eigenvalue weighted by molar-refractivity contribution is 6.01. The quantitative estimate of drug-likeness (QED) is 0.216. The van der Waals surface area contributed by atoms with Crippen molar-refractivity contribution in [1.29, 1.82) is 0 Å². The summed E-state index contributed by atoms with van der Waals surface area (Å²) in [4.78, 5) is 21.9. The van der Waals surface area contributed by atoms with Crippen molar-refractivity contribution in [3.8, 4) is 16.9 Å². The van der Waals surface area contributed by atoms with E-state index in [1.807, 2.05) is 65.6 Å². The van der Waals surface area contributed by atoms with Crippen molar-refractivity contribution >= 4 is 11.8 Å². The lowest BCUT2D eigenvalue weighted by atomic mass is 9.81. The summed E-state index contributed by atoms with van der Waals surface area (Å²) in [5, 5.41) is 9.07. The van der Waals surface area contributed by atoms with E-state index in [1.165, 1.54) is 0 Å². The van der Waals surface area contributed by atoms with E-state index in [0.29, 0.717) is 31.1 Å². The molecule has 0 saturated carbocycles. The third-order valence-electron chi connectivity index (χ3n) is 8.29. The first-order valence-electron chi connectivity index (χ1n) is 15.3. The second-order valence-electron chi connectivity index (χ2n) is 11.3. The molecule has 1 amide bonds. The number of amides is 1. The predicted molar refractivity (Wildman–Crippen MR) is 169 cm³/mol. The maximum atomic E-state index is 14.7. The Morgan fingerprint density at radius 3 is 2.12 bits per heavy atom. The second-order valence-corrected chi connectivity index (χ2v) is 11.3. The van der Waals surface area contributed by atoms with Crippen LogP contribution in [0.25, 0.3) is 11.1 Å². The summed E-state index contributed by atoms with van der Waals surface area (Å²) in [5.41, 5.74) is 3.85. The van der Waals surface area contributed by atoms with Gasteiger partial charge in [-0.05, 0) is 65.8 Å². The van der Waals surface area contributed by atoms with Crippen molar-refractivity contribution in [1.82, 2.24) is 4.90 Å². The van der Waals surface area contributed by atoms with Crippen LogP contribution in [0.2, 0.25) is 0 Å². The Balaban J connectivity index is 1.41. The molecule has 0 radical (unpaired) electrons. The standard InChI is InChI=1S/C37H38N2O4/c40-25-10-26-42-33-21-19-32(20-22-33)35-38-37(27-28-11-4-1-5-12-28,36(41)39-23-8-3-9-24-39)34(43-35)31-17-15-30(16-18-31)29-13-6-2-7-14-29/h1-2,4-7,11-22,34,40H,3,8-10,23-27H2/t34-,37-/m1/s1. The number of aliphatic imine (C=N–C) groups is 1. The molecule has 6 rings (SSSR count). The summed E-state index contributed by atoms with van der Waals surface area (Å²) in [7, 11) is 0. The van der Waals surface area contributed by atoms with Gasteiger partial charge in [0.15, 0.2) is 11.6 Å². The van der Waals surface area contributed by atoms with Crippen LogP contribution in [0.3, 0.4) is 0 Å². The molecule has 0 aromatic heterocycles. The maximum absolute atomic E-state index is 14.7. The summed E-state index contributed by atoms with van der Waals surface area (Å²) in [6, 6.07) is 36.4. The zero-order valence-electron chi connectivity index (χ0n) is 24.4. The molecule has 2 atom stereocenters. The van der Waals surface area contributed by atoms with Gasteiger partial charge in [0.05, 0.1) is 6.61 Å². The first-order valence-corrected chi connectivity index (χ1v) is 15.3. The number of aliphatic hydroxyl groups is 1. The monoisotopic (exact) mass is 574 g/mol. The van der Waals surface area contributed by atoms with Gasteiger partial charge in [0.25, 0.3) is 5.91 Å². The van der Waals surface area contributed by atoms with Gasteiger partial charge in [0.1, 0.15) is 5.75 Å². The zero-order valence-corrected chi connectivity index (χ0v) is 24.4. The van der Waals surface area contributed by atoms with Crippen LogP contribution >= 0.6 is 0 Å². The lowest BCUT2D eigenvalue weighted by Crippen LogP contribution is -2.53. The first kappa shape index (κ1) is 28.7. The molecule has 2 heterocycles. The summed E-state index contributed by atoms with van der Waals surface area (Å²) in [6.07, 6.45) is 3.54. The maximum Gasteiger partial charge on any atom is 0.255 e. The Morgan fingerprint density at radius 1 is 0.814 bits per heavy atom. The van der Waals surface area contributed by atoms with Crippen molar-refractivity contribution in [3.05, 3.63) is 126 Å². The highest BCUT2D eigenvalue weighted by Gasteiger charge is 2.54. The Hall–Kier alpha value is -4.42. The molecule has 2 aliphatic rings. The fourth-order valence-electron chi connectivity index (χ4n) is 6.03. The van der Waals surface area contributed by atoms with Gasteiger partial charge >= 0.3 is 0 Å². The first-order chi connectivity index (χ1) is 21.2. The van der Waals surface area contributed by atoms with Gasteiger partial charge in [-0.25, -0.2) is 4.99 Å². The number of rotatable bonds is 10. The third-order valence-corrected chi connectivity index (χ3v) is 8.29. The molecule has 2 aliphatic heterocycles. The number of benzene rings is 4. The minimum absolute atomic E-state index is 0.0205. The molecular weight excluding hydrogens is 536 g/mol. The van der Waals surface area contributed by atoms with Gasteiger partial charge in [0, 0.05) is 38.1 Å². The number of aliphatic hydroxyl groups excluding tert-OH is 1. The summed E-state index contributed by atoms with van der Waals surface area (Å²) >= 11 is 0. The highest BCUT2D eigenvalue weighted by Crippen LogP contribution is 2.44. The van der Waals surface area contributed by atoms with Crippen molar-refractivity contribution in [2.45, 2.75) is 43.7 Å². The lowest BCUT2D eigenvalue weighted by Gasteiger charge is -2.37. The number of hydrogen-bond acceptors (Lipinski definition) is 5. The molecule has 0 bridgehead atoms. The normalized spacial score (nSPS) is 19.9. The van der Waals surface area contributed by atoms with Gasteiger partial charge in [0.2, 0.25) is 5.90 Å². The minimum Gasteiger partial charge on any atom is -0.494 e. The zero-order chi connectivity index (χ0) is 29.5. The van der Waals surface area contributed by atoms with E-state index in [-0.39, 0.29) is 12.5 Å². The van der Waals surface area contributed by atoms with Gasteiger partial charge < -0.3 is 19.5 Å². The molecule has 4 aromatic carbocycles. The largest absolute Gasteiger partial charge is 0.494 e. The van der Waals surface area contributed by atoms with E-state index >= 15 is 0 Å². The van der Waals surface area contributed by atoms with Crippen LogP contribution in [0.15, 0.2) is 114 Å². The fraction of sp³-hybridized carbons (Fsp3) is 0.297. The van der Waals surface area contributed by atoms with E-state index in [2.05, 4.69) is 48.5 Å². The topological polar surface area (TPSA) is 71.4 Å². The summed E-state index contributed by atoms with van der Waals surface area (Å²) in [5.74, 6) is 1.19. The minimum atomic E-state index is -1.15. The third kappa shape index (κ3) is 6.35. The molecule has 1 N–H and O–H groups in total. The average Bonchev–Trinajstić information content (AvgIpc) is 3.46. The van der Waals surface area contributed by atoms with E-state index in [1.54, 1.807) is 0 Å². The number of carbonyl (C=O) groups excluding carboxylic acids is 1. The molecule has 6 nitrogen and oxygen atoms in total. The van der Waals surface area contributed by atoms with Gasteiger partial charge in [-0.2, -0.15) is 0 Å². The number of carbonyl (C=O) groups is 1. The molecule has 0 aliphatic carbocycles. The number of ether oxygens (including phenoxy) is 2. The molecule has 0 unspecified atom stereocenters. The van der Waals surface area contributed by atoms with Crippen LogP contribution < -0.4 is 4.74 Å². The van der Waals surface area contributed by atoms with Crippen molar-refractivity contribution in [3.63, 3.8) is 0 Å². The van der Waals surface area contributed by atoms with E-state index in [9.17, 15) is 4.79 Å². The van der Waals surface area contributed by atoms with Gasteiger partial charge in [-0.15, -0.1) is 0 Å².